The van der Waals surface area contributed by atoms with Gasteiger partial charge in [-0.1, -0.05) is 18.2 Å². The van der Waals surface area contributed by atoms with Crippen LogP contribution in [0.1, 0.15) is 19.4 Å². The van der Waals surface area contributed by atoms with E-state index in [0.29, 0.717) is 0 Å². The Morgan fingerprint density at radius 1 is 1.00 bits per heavy atom. The highest BCUT2D eigenvalue weighted by Crippen LogP contribution is 2.23. The molecule has 0 aliphatic rings. The molecule has 0 radical (unpaired) electrons. The lowest BCUT2D eigenvalue weighted by atomic mass is 9.93. The summed E-state index contributed by atoms with van der Waals surface area (Å²) in [6, 6.07) is 10.7. The molecule has 2 aromatic carbocycles. The van der Waals surface area contributed by atoms with Crippen LogP contribution in [0.4, 0.5) is 4.39 Å². The van der Waals surface area contributed by atoms with Crippen molar-refractivity contribution in [2.75, 3.05) is 0 Å². The average Bonchev–Trinajstić information content (AvgIpc) is 2.15. The van der Waals surface area contributed by atoms with Gasteiger partial charge in [0, 0.05) is 5.54 Å². The van der Waals surface area contributed by atoms with Crippen LogP contribution in [-0.4, -0.2) is 0 Å². The molecule has 0 bridgehead atoms. The van der Waals surface area contributed by atoms with Crippen molar-refractivity contribution in [1.29, 1.82) is 0 Å². The number of hydrogen-bond acceptors (Lipinski definition) is 1. The third-order valence-corrected chi connectivity index (χ3v) is 2.55. The van der Waals surface area contributed by atoms with Gasteiger partial charge >= 0.3 is 0 Å². The minimum absolute atomic E-state index is 0.213. The predicted octanol–water partition coefficient (Wildman–Crippen LogP) is 3.17. The minimum Gasteiger partial charge on any atom is -0.322 e. The maximum absolute atomic E-state index is 13.0. The van der Waals surface area contributed by atoms with E-state index in [-0.39, 0.29) is 11.4 Å². The summed E-state index contributed by atoms with van der Waals surface area (Å²) in [5, 5.41) is 1.93. The first kappa shape index (κ1) is 10.1. The van der Waals surface area contributed by atoms with Crippen molar-refractivity contribution in [2.24, 2.45) is 5.73 Å². The van der Waals surface area contributed by atoms with Gasteiger partial charge < -0.3 is 5.73 Å². The van der Waals surface area contributed by atoms with E-state index in [0.717, 1.165) is 16.3 Å². The molecule has 0 atom stereocenters. The molecule has 0 unspecified atom stereocenters. The number of benzene rings is 2. The molecular weight excluding hydrogens is 189 g/mol. The van der Waals surface area contributed by atoms with Crippen molar-refractivity contribution in [3.05, 3.63) is 47.8 Å². The summed E-state index contributed by atoms with van der Waals surface area (Å²) in [6.07, 6.45) is 0. The van der Waals surface area contributed by atoms with Crippen LogP contribution < -0.4 is 5.73 Å². The van der Waals surface area contributed by atoms with Crippen molar-refractivity contribution < 1.29 is 4.39 Å². The molecule has 2 N–H and O–H groups in total. The highest BCUT2D eigenvalue weighted by Gasteiger charge is 2.13. The van der Waals surface area contributed by atoms with E-state index >= 15 is 0 Å². The zero-order valence-electron chi connectivity index (χ0n) is 8.92. The summed E-state index contributed by atoms with van der Waals surface area (Å²) in [6.45, 7) is 3.88. The summed E-state index contributed by atoms with van der Waals surface area (Å²) in [5.41, 5.74) is 6.62. The van der Waals surface area contributed by atoms with E-state index in [1.54, 1.807) is 6.07 Å². The van der Waals surface area contributed by atoms with Gasteiger partial charge in [0.1, 0.15) is 5.82 Å². The normalized spacial score (nSPS) is 12.0. The number of rotatable bonds is 1. The molecule has 0 saturated heterocycles. The van der Waals surface area contributed by atoms with E-state index in [2.05, 4.69) is 0 Å². The Kier molecular flexibility index (Phi) is 2.24. The Morgan fingerprint density at radius 3 is 2.33 bits per heavy atom. The van der Waals surface area contributed by atoms with Gasteiger partial charge in [-0.3, -0.25) is 0 Å². The van der Waals surface area contributed by atoms with Gasteiger partial charge in [-0.15, -0.1) is 0 Å². The Labute approximate surface area is 88.7 Å². The first-order valence-corrected chi connectivity index (χ1v) is 4.95. The molecule has 0 aliphatic carbocycles. The SMILES string of the molecule is CC(C)(N)c1ccc2ccc(F)cc2c1. The second-order valence-electron chi connectivity index (χ2n) is 4.43. The summed E-state index contributed by atoms with van der Waals surface area (Å²) in [5.74, 6) is -0.213. The van der Waals surface area contributed by atoms with Gasteiger partial charge in [0.2, 0.25) is 0 Å². The van der Waals surface area contributed by atoms with E-state index in [4.69, 9.17) is 5.73 Å². The fraction of sp³-hybridized carbons (Fsp3) is 0.231. The fourth-order valence-electron chi connectivity index (χ4n) is 1.62. The van der Waals surface area contributed by atoms with Crippen LogP contribution in [0.2, 0.25) is 0 Å². The molecule has 15 heavy (non-hydrogen) atoms. The first-order chi connectivity index (χ1) is 6.97. The molecule has 1 nitrogen and oxygen atoms in total. The largest absolute Gasteiger partial charge is 0.322 e. The molecule has 0 fully saturated rings. The molecule has 0 heterocycles. The lowest BCUT2D eigenvalue weighted by Crippen LogP contribution is -2.28. The van der Waals surface area contributed by atoms with Gasteiger partial charge in [0.05, 0.1) is 0 Å². The van der Waals surface area contributed by atoms with Crippen molar-refractivity contribution in [2.45, 2.75) is 19.4 Å². The number of nitrogens with two attached hydrogens (primary N) is 1. The van der Waals surface area contributed by atoms with Gasteiger partial charge in [0.15, 0.2) is 0 Å². The summed E-state index contributed by atoms with van der Waals surface area (Å²) in [7, 11) is 0. The summed E-state index contributed by atoms with van der Waals surface area (Å²) in [4.78, 5) is 0. The van der Waals surface area contributed by atoms with Gasteiger partial charge in [-0.2, -0.15) is 0 Å². The Bertz CT molecular complexity index is 497. The zero-order valence-corrected chi connectivity index (χ0v) is 8.92. The number of hydrogen-bond donors (Lipinski definition) is 1. The quantitative estimate of drug-likeness (QED) is 0.756. The minimum atomic E-state index is -0.388. The highest BCUT2D eigenvalue weighted by molar-refractivity contribution is 5.83. The smallest absolute Gasteiger partial charge is 0.123 e. The Balaban J connectivity index is 2.64. The van der Waals surface area contributed by atoms with Crippen LogP contribution >= 0.6 is 0 Å². The third-order valence-electron chi connectivity index (χ3n) is 2.55. The van der Waals surface area contributed by atoms with Crippen LogP contribution in [0.5, 0.6) is 0 Å². The summed E-state index contributed by atoms with van der Waals surface area (Å²) >= 11 is 0. The zero-order chi connectivity index (χ0) is 11.1. The highest BCUT2D eigenvalue weighted by atomic mass is 19.1. The van der Waals surface area contributed by atoms with E-state index in [1.807, 2.05) is 32.0 Å². The second-order valence-corrected chi connectivity index (χ2v) is 4.43. The lowest BCUT2D eigenvalue weighted by Gasteiger charge is -2.19. The van der Waals surface area contributed by atoms with Crippen molar-refractivity contribution in [3.8, 4) is 0 Å². The monoisotopic (exact) mass is 203 g/mol. The lowest BCUT2D eigenvalue weighted by molar-refractivity contribution is 0.555. The van der Waals surface area contributed by atoms with Crippen LogP contribution in [-0.2, 0) is 5.54 Å². The number of fused-ring (bicyclic) bond motifs is 1. The molecule has 2 aromatic rings. The molecule has 78 valence electrons. The standard InChI is InChI=1S/C13H14FN/c1-13(2,15)11-5-3-9-4-6-12(14)8-10(9)7-11/h3-8H,15H2,1-2H3. The summed E-state index contributed by atoms with van der Waals surface area (Å²) < 4.78 is 13.0. The molecule has 0 aromatic heterocycles. The molecule has 0 amide bonds. The average molecular weight is 203 g/mol. The maximum atomic E-state index is 13.0. The van der Waals surface area contributed by atoms with Crippen LogP contribution in [0.3, 0.4) is 0 Å². The molecule has 2 heteroatoms. The Morgan fingerprint density at radius 2 is 1.67 bits per heavy atom. The van der Waals surface area contributed by atoms with E-state index < -0.39 is 0 Å². The van der Waals surface area contributed by atoms with Gasteiger partial charge in [-0.05, 0) is 48.4 Å². The second kappa shape index (κ2) is 3.31. The van der Waals surface area contributed by atoms with Gasteiger partial charge in [0.25, 0.3) is 0 Å². The third kappa shape index (κ3) is 2.00. The molecule has 0 spiro atoms. The van der Waals surface area contributed by atoms with Crippen molar-refractivity contribution in [1.82, 2.24) is 0 Å². The molecular formula is C13H14FN. The van der Waals surface area contributed by atoms with Crippen LogP contribution in [0, 0.1) is 5.82 Å². The maximum Gasteiger partial charge on any atom is 0.123 e. The Hall–Kier alpha value is -1.41. The first-order valence-electron chi connectivity index (χ1n) is 4.95. The molecule has 0 saturated carbocycles. The molecule has 0 aliphatic heterocycles. The van der Waals surface area contributed by atoms with Crippen LogP contribution in [0.25, 0.3) is 10.8 Å². The van der Waals surface area contributed by atoms with Gasteiger partial charge in [-0.25, -0.2) is 4.39 Å². The topological polar surface area (TPSA) is 26.0 Å². The fourth-order valence-corrected chi connectivity index (χ4v) is 1.62. The van der Waals surface area contributed by atoms with Crippen molar-refractivity contribution >= 4 is 10.8 Å². The predicted molar refractivity (Wildman–Crippen MR) is 61.1 cm³/mol. The van der Waals surface area contributed by atoms with Crippen LogP contribution in [0.15, 0.2) is 36.4 Å². The van der Waals surface area contributed by atoms with E-state index in [9.17, 15) is 4.39 Å². The number of halogens is 1. The van der Waals surface area contributed by atoms with E-state index in [1.165, 1.54) is 12.1 Å². The molecule has 2 rings (SSSR count). The van der Waals surface area contributed by atoms with Crippen molar-refractivity contribution in [3.63, 3.8) is 0 Å².